The van der Waals surface area contributed by atoms with Crippen molar-refractivity contribution in [2.24, 2.45) is 5.92 Å². The normalized spacial score (nSPS) is 31.3. The molecule has 2 heterocycles. The van der Waals surface area contributed by atoms with Crippen LogP contribution in [-0.2, 0) is 25.7 Å². The van der Waals surface area contributed by atoms with Gasteiger partial charge in [0.05, 0.1) is 31.5 Å². The summed E-state index contributed by atoms with van der Waals surface area (Å²) in [6.07, 6.45) is -1.97. The number of hydrogen-bond acceptors (Lipinski definition) is 6. The average Bonchev–Trinajstić information content (AvgIpc) is 3.14. The van der Waals surface area contributed by atoms with Crippen LogP contribution in [0.25, 0.3) is 0 Å². The number of rotatable bonds is 8. The Morgan fingerprint density at radius 2 is 1.91 bits per heavy atom. The molecule has 7 nitrogen and oxygen atoms in total. The number of aliphatic hydroxyl groups is 1. The molecule has 7 atom stereocenters. The van der Waals surface area contributed by atoms with E-state index in [1.807, 2.05) is 51.1 Å². The molecule has 2 unspecified atom stereocenters. The Bertz CT molecular complexity index is 742. The van der Waals surface area contributed by atoms with Gasteiger partial charge in [0.2, 0.25) is 0 Å². The molecule has 0 bridgehead atoms. The van der Waals surface area contributed by atoms with E-state index in [-0.39, 0.29) is 18.1 Å². The van der Waals surface area contributed by atoms with Crippen LogP contribution in [0.3, 0.4) is 0 Å². The minimum Gasteiger partial charge on any atom is -0.448 e. The average molecular weight is 466 g/mol. The van der Waals surface area contributed by atoms with E-state index in [4.69, 9.17) is 19.0 Å². The van der Waals surface area contributed by atoms with Gasteiger partial charge in [-0.05, 0) is 25.0 Å². The second-order valence-corrected chi connectivity index (χ2v) is 15.8. The Hall–Kier alpha value is -1.45. The van der Waals surface area contributed by atoms with E-state index >= 15 is 0 Å². The summed E-state index contributed by atoms with van der Waals surface area (Å²) in [4.78, 5) is 19.1. The number of amides is 1. The number of fused-ring (bicyclic) bond motifs is 1. The van der Waals surface area contributed by atoms with Gasteiger partial charge in [-0.3, -0.25) is 4.84 Å². The van der Waals surface area contributed by atoms with E-state index in [0.29, 0.717) is 19.6 Å². The highest BCUT2D eigenvalue weighted by molar-refractivity contribution is 6.76. The summed E-state index contributed by atoms with van der Waals surface area (Å²) in [7, 11) is -1.34. The van der Waals surface area contributed by atoms with Gasteiger partial charge in [-0.15, -0.1) is 0 Å². The molecule has 1 amide bonds. The largest absolute Gasteiger partial charge is 0.448 e. The zero-order chi connectivity index (χ0) is 23.5. The van der Waals surface area contributed by atoms with Crippen molar-refractivity contribution in [2.75, 3.05) is 6.61 Å². The molecular formula is C24H39NO6Si. The quantitative estimate of drug-likeness (QED) is 0.579. The summed E-state index contributed by atoms with van der Waals surface area (Å²) in [6, 6.07) is 10.3. The van der Waals surface area contributed by atoms with Crippen LogP contribution in [0.4, 0.5) is 4.79 Å². The van der Waals surface area contributed by atoms with Gasteiger partial charge < -0.3 is 19.3 Å². The van der Waals surface area contributed by atoms with Crippen LogP contribution < -0.4 is 0 Å². The number of nitrogens with zero attached hydrogens (tertiary/aromatic N) is 1. The summed E-state index contributed by atoms with van der Waals surface area (Å²) in [5.74, 6) is -0.178. The van der Waals surface area contributed by atoms with Gasteiger partial charge in [0.1, 0.15) is 18.2 Å². The number of hydroxylamine groups is 2. The number of ether oxygens (including phenoxy) is 3. The topological polar surface area (TPSA) is 77.5 Å². The predicted octanol–water partition coefficient (Wildman–Crippen LogP) is 4.23. The Kier molecular flexibility index (Phi) is 8.38. The van der Waals surface area contributed by atoms with E-state index in [2.05, 4.69) is 19.6 Å². The SMILES string of the molecule is CCC1O[C@H]2C(ON(C(=O)OCC[Si](C)(C)C)[C@@H]2[C@@H](C)OCc2ccccc2)[C@@H](C)[C@H]1O. The van der Waals surface area contributed by atoms with E-state index in [9.17, 15) is 9.90 Å². The first-order valence-electron chi connectivity index (χ1n) is 11.7. The van der Waals surface area contributed by atoms with Crippen molar-refractivity contribution < 1.29 is 28.9 Å². The van der Waals surface area contributed by atoms with Crippen molar-refractivity contribution in [1.29, 1.82) is 0 Å². The Labute approximate surface area is 192 Å². The molecule has 2 saturated heterocycles. The Morgan fingerprint density at radius 1 is 1.22 bits per heavy atom. The molecule has 1 aromatic rings. The highest BCUT2D eigenvalue weighted by Gasteiger charge is 2.57. The van der Waals surface area contributed by atoms with Crippen LogP contribution >= 0.6 is 0 Å². The molecule has 3 rings (SSSR count). The fourth-order valence-electron chi connectivity index (χ4n) is 4.33. The van der Waals surface area contributed by atoms with Crippen molar-refractivity contribution in [3.8, 4) is 0 Å². The molecule has 0 radical (unpaired) electrons. The van der Waals surface area contributed by atoms with Crippen LogP contribution in [0.5, 0.6) is 0 Å². The van der Waals surface area contributed by atoms with Crippen LogP contribution in [0, 0.1) is 5.92 Å². The van der Waals surface area contributed by atoms with E-state index in [0.717, 1.165) is 11.6 Å². The van der Waals surface area contributed by atoms with Crippen molar-refractivity contribution in [3.63, 3.8) is 0 Å². The molecular weight excluding hydrogens is 426 g/mol. The summed E-state index contributed by atoms with van der Waals surface area (Å²) in [5, 5.41) is 12.0. The standard InChI is InChI=1S/C24H39NO6Si/c1-7-19-21(26)16(2)22-23(30-19)20(17(3)29-15-18-11-9-8-10-12-18)25(31-22)24(27)28-13-14-32(4,5)6/h8-12,16-17,19-23,26H,7,13-15H2,1-6H3/t16-,17+,19?,20+,21+,22?,23+/m0/s1. The van der Waals surface area contributed by atoms with Gasteiger partial charge in [0, 0.05) is 14.0 Å². The number of carbonyl (C=O) groups is 1. The van der Waals surface area contributed by atoms with Crippen molar-refractivity contribution in [2.45, 2.75) is 96.0 Å². The number of aliphatic hydroxyl groups excluding tert-OH is 1. The fourth-order valence-corrected chi connectivity index (χ4v) is 5.04. The molecule has 0 spiro atoms. The predicted molar refractivity (Wildman–Crippen MR) is 125 cm³/mol. The third kappa shape index (κ3) is 5.91. The molecule has 2 fully saturated rings. The first kappa shape index (κ1) is 25.2. The third-order valence-electron chi connectivity index (χ3n) is 6.43. The molecule has 1 N–H and O–H groups in total. The second kappa shape index (κ2) is 10.7. The van der Waals surface area contributed by atoms with Gasteiger partial charge in [-0.2, -0.15) is 5.06 Å². The highest BCUT2D eigenvalue weighted by Crippen LogP contribution is 2.39. The van der Waals surface area contributed by atoms with E-state index in [1.165, 1.54) is 5.06 Å². The molecule has 8 heteroatoms. The number of benzene rings is 1. The molecule has 2 aliphatic rings. The number of carbonyl (C=O) groups excluding carboxylic acids is 1. The molecule has 32 heavy (non-hydrogen) atoms. The van der Waals surface area contributed by atoms with Crippen LogP contribution in [0.1, 0.15) is 32.8 Å². The Morgan fingerprint density at radius 3 is 2.53 bits per heavy atom. The maximum Gasteiger partial charge on any atom is 0.434 e. The van der Waals surface area contributed by atoms with Gasteiger partial charge >= 0.3 is 6.09 Å². The summed E-state index contributed by atoms with van der Waals surface area (Å²) in [6.45, 7) is 13.4. The lowest BCUT2D eigenvalue weighted by Crippen LogP contribution is -2.56. The molecule has 0 saturated carbocycles. The van der Waals surface area contributed by atoms with Crippen molar-refractivity contribution >= 4 is 14.2 Å². The smallest absolute Gasteiger partial charge is 0.434 e. The molecule has 2 aliphatic heterocycles. The highest BCUT2D eigenvalue weighted by atomic mass is 28.3. The summed E-state index contributed by atoms with van der Waals surface area (Å²) >= 11 is 0. The maximum absolute atomic E-state index is 13.0. The Balaban J connectivity index is 1.76. The first-order valence-corrected chi connectivity index (χ1v) is 15.4. The molecule has 1 aromatic carbocycles. The molecule has 0 aliphatic carbocycles. The minimum absolute atomic E-state index is 0.178. The summed E-state index contributed by atoms with van der Waals surface area (Å²) in [5.41, 5.74) is 1.05. The van der Waals surface area contributed by atoms with Crippen LogP contribution in [0.15, 0.2) is 30.3 Å². The molecule has 0 aromatic heterocycles. The van der Waals surface area contributed by atoms with Gasteiger partial charge in [-0.25, -0.2) is 4.79 Å². The fraction of sp³-hybridized carbons (Fsp3) is 0.708. The van der Waals surface area contributed by atoms with Crippen molar-refractivity contribution in [1.82, 2.24) is 5.06 Å². The first-order chi connectivity index (χ1) is 15.1. The van der Waals surface area contributed by atoms with Gasteiger partial charge in [0.15, 0.2) is 0 Å². The molecule has 180 valence electrons. The maximum atomic E-state index is 13.0. The number of hydrogen-bond donors (Lipinski definition) is 1. The summed E-state index contributed by atoms with van der Waals surface area (Å²) < 4.78 is 18.0. The third-order valence-corrected chi connectivity index (χ3v) is 8.14. The van der Waals surface area contributed by atoms with Crippen LogP contribution in [-0.4, -0.2) is 67.5 Å². The lowest BCUT2D eigenvalue weighted by atomic mass is 9.84. The lowest BCUT2D eigenvalue weighted by molar-refractivity contribution is -0.207. The zero-order valence-corrected chi connectivity index (χ0v) is 21.2. The van der Waals surface area contributed by atoms with Gasteiger partial charge in [0.25, 0.3) is 0 Å². The zero-order valence-electron chi connectivity index (χ0n) is 20.2. The van der Waals surface area contributed by atoms with E-state index < -0.39 is 38.5 Å². The van der Waals surface area contributed by atoms with E-state index in [1.54, 1.807) is 0 Å². The van der Waals surface area contributed by atoms with Crippen molar-refractivity contribution in [3.05, 3.63) is 35.9 Å². The van der Waals surface area contributed by atoms with Crippen LogP contribution in [0.2, 0.25) is 25.7 Å². The van der Waals surface area contributed by atoms with Gasteiger partial charge in [-0.1, -0.05) is 63.8 Å². The second-order valence-electron chi connectivity index (χ2n) is 10.2. The minimum atomic E-state index is -1.34. The monoisotopic (exact) mass is 465 g/mol. The lowest BCUT2D eigenvalue weighted by Gasteiger charge is -2.40.